The molecule has 0 spiro atoms. The molecule has 0 aliphatic rings. The third-order valence-electron chi connectivity index (χ3n) is 4.99. The van der Waals surface area contributed by atoms with E-state index in [2.05, 4.69) is 67.6 Å². The summed E-state index contributed by atoms with van der Waals surface area (Å²) >= 11 is 0. The number of hydrogen-bond acceptors (Lipinski definition) is 3. The molecule has 3 rings (SSSR count). The Balaban J connectivity index is 1.82. The summed E-state index contributed by atoms with van der Waals surface area (Å²) in [4.78, 5) is 12.9. The van der Waals surface area contributed by atoms with Crippen molar-refractivity contribution in [3.63, 3.8) is 0 Å². The minimum Gasteiger partial charge on any atom is -0.345 e. The molecule has 1 heterocycles. The summed E-state index contributed by atoms with van der Waals surface area (Å²) in [7, 11) is 0. The van der Waals surface area contributed by atoms with Crippen LogP contribution in [0.25, 0.3) is 11.0 Å². The molecule has 0 aliphatic carbocycles. The zero-order valence-electron chi connectivity index (χ0n) is 16.7. The van der Waals surface area contributed by atoms with Crippen molar-refractivity contribution in [1.29, 1.82) is 0 Å². The first-order valence-corrected chi connectivity index (χ1v) is 9.64. The van der Waals surface area contributed by atoms with Crippen molar-refractivity contribution in [3.8, 4) is 0 Å². The van der Waals surface area contributed by atoms with Crippen molar-refractivity contribution in [2.75, 3.05) is 0 Å². The number of rotatable bonds is 6. The first kappa shape index (κ1) is 19.1. The fraction of sp³-hybridized carbons (Fsp3) is 0.409. The van der Waals surface area contributed by atoms with E-state index in [4.69, 9.17) is 0 Å². The number of nitrogens with zero attached hydrogens (tertiary/aromatic N) is 3. The summed E-state index contributed by atoms with van der Waals surface area (Å²) in [6, 6.07) is 14.1. The molecule has 0 fully saturated rings. The van der Waals surface area contributed by atoms with Crippen LogP contribution < -0.4 is 5.32 Å². The smallest absolute Gasteiger partial charge is 0.251 e. The number of nitrogens with one attached hydrogen (secondary N) is 1. The zero-order valence-corrected chi connectivity index (χ0v) is 16.7. The second kappa shape index (κ2) is 7.91. The molecular formula is C22H28N4O. The first-order chi connectivity index (χ1) is 12.9. The summed E-state index contributed by atoms with van der Waals surface area (Å²) in [5, 5.41) is 11.5. The van der Waals surface area contributed by atoms with E-state index >= 15 is 0 Å². The van der Waals surface area contributed by atoms with Gasteiger partial charge in [-0.15, -0.1) is 5.10 Å². The third-order valence-corrected chi connectivity index (χ3v) is 4.99. The average Bonchev–Trinajstić information content (AvgIpc) is 3.08. The minimum atomic E-state index is -0.0883. The second-order valence-corrected chi connectivity index (χ2v) is 7.63. The fourth-order valence-electron chi connectivity index (χ4n) is 3.29. The molecular weight excluding hydrogens is 336 g/mol. The van der Waals surface area contributed by atoms with E-state index < -0.39 is 0 Å². The van der Waals surface area contributed by atoms with Gasteiger partial charge in [-0.05, 0) is 48.1 Å². The van der Waals surface area contributed by atoms with Gasteiger partial charge in [-0.3, -0.25) is 4.79 Å². The highest BCUT2D eigenvalue weighted by Crippen LogP contribution is 2.25. The predicted molar refractivity (Wildman–Crippen MR) is 109 cm³/mol. The van der Waals surface area contributed by atoms with Crippen LogP contribution in [0.2, 0.25) is 0 Å². The maximum Gasteiger partial charge on any atom is 0.251 e. The Hall–Kier alpha value is -2.69. The molecule has 3 aromatic rings. The highest BCUT2D eigenvalue weighted by Gasteiger charge is 2.20. The maximum absolute atomic E-state index is 12.9. The fourth-order valence-corrected chi connectivity index (χ4v) is 3.29. The van der Waals surface area contributed by atoms with Crippen LogP contribution in [0.3, 0.4) is 0 Å². The molecule has 1 N–H and O–H groups in total. The lowest BCUT2D eigenvalue weighted by Gasteiger charge is -2.23. The van der Waals surface area contributed by atoms with E-state index in [-0.39, 0.29) is 17.9 Å². The van der Waals surface area contributed by atoms with Gasteiger partial charge in [-0.25, -0.2) is 4.68 Å². The number of benzene rings is 2. The molecule has 5 nitrogen and oxygen atoms in total. The van der Waals surface area contributed by atoms with Gasteiger partial charge in [0.15, 0.2) is 0 Å². The van der Waals surface area contributed by atoms with E-state index in [0.29, 0.717) is 11.5 Å². The maximum atomic E-state index is 12.9. The predicted octanol–water partition coefficient (Wildman–Crippen LogP) is 4.70. The van der Waals surface area contributed by atoms with Gasteiger partial charge in [0, 0.05) is 12.1 Å². The monoisotopic (exact) mass is 364 g/mol. The van der Waals surface area contributed by atoms with Crippen molar-refractivity contribution in [3.05, 3.63) is 59.2 Å². The Morgan fingerprint density at radius 1 is 1.04 bits per heavy atom. The normalized spacial score (nSPS) is 12.7. The van der Waals surface area contributed by atoms with Crippen molar-refractivity contribution in [2.24, 2.45) is 5.92 Å². The van der Waals surface area contributed by atoms with E-state index in [9.17, 15) is 4.79 Å². The van der Waals surface area contributed by atoms with Crippen molar-refractivity contribution < 1.29 is 4.79 Å². The van der Waals surface area contributed by atoms with Gasteiger partial charge >= 0.3 is 0 Å². The van der Waals surface area contributed by atoms with Crippen LogP contribution >= 0.6 is 0 Å². The Labute approximate surface area is 160 Å². The average molecular weight is 364 g/mol. The Morgan fingerprint density at radius 2 is 1.70 bits per heavy atom. The first-order valence-electron chi connectivity index (χ1n) is 9.64. The van der Waals surface area contributed by atoms with Crippen LogP contribution in [0.1, 0.15) is 68.1 Å². The Morgan fingerprint density at radius 3 is 2.30 bits per heavy atom. The summed E-state index contributed by atoms with van der Waals surface area (Å²) in [6.45, 7) is 11.4. The molecule has 1 unspecified atom stereocenters. The Kier molecular flexibility index (Phi) is 5.59. The SMILES string of the molecule is CCn1nnc2cc(C(=O)NC(c3ccc(C(C)C)cc3)C(C)C)ccc21. The molecule has 142 valence electrons. The van der Waals surface area contributed by atoms with Crippen LogP contribution in [0.4, 0.5) is 0 Å². The van der Waals surface area contributed by atoms with Gasteiger partial charge in [0.2, 0.25) is 0 Å². The van der Waals surface area contributed by atoms with Gasteiger partial charge in [-0.2, -0.15) is 0 Å². The lowest BCUT2D eigenvalue weighted by molar-refractivity contribution is 0.0925. The van der Waals surface area contributed by atoms with E-state index in [0.717, 1.165) is 23.1 Å². The molecule has 2 aromatic carbocycles. The topological polar surface area (TPSA) is 59.8 Å². The number of fused-ring (bicyclic) bond motifs is 1. The molecule has 0 aliphatic heterocycles. The number of amides is 1. The highest BCUT2D eigenvalue weighted by atomic mass is 16.1. The molecule has 1 amide bonds. The van der Waals surface area contributed by atoms with E-state index in [1.165, 1.54) is 5.56 Å². The molecule has 1 aromatic heterocycles. The third kappa shape index (κ3) is 4.02. The Bertz CT molecular complexity index is 925. The number of aromatic nitrogens is 3. The van der Waals surface area contributed by atoms with E-state index in [1.807, 2.05) is 29.8 Å². The minimum absolute atomic E-state index is 0.0410. The van der Waals surface area contributed by atoms with Gasteiger partial charge in [-0.1, -0.05) is 57.2 Å². The van der Waals surface area contributed by atoms with Crippen molar-refractivity contribution in [1.82, 2.24) is 20.3 Å². The zero-order chi connectivity index (χ0) is 19.6. The van der Waals surface area contributed by atoms with Crippen molar-refractivity contribution >= 4 is 16.9 Å². The largest absolute Gasteiger partial charge is 0.345 e. The molecule has 0 bridgehead atoms. The lowest BCUT2D eigenvalue weighted by atomic mass is 9.93. The number of hydrogen-bond donors (Lipinski definition) is 1. The van der Waals surface area contributed by atoms with Crippen LogP contribution in [0.15, 0.2) is 42.5 Å². The van der Waals surface area contributed by atoms with E-state index in [1.54, 1.807) is 0 Å². The number of aryl methyl sites for hydroxylation is 1. The summed E-state index contributed by atoms with van der Waals surface area (Å²) in [5.74, 6) is 0.688. The highest BCUT2D eigenvalue weighted by molar-refractivity contribution is 5.97. The molecule has 0 saturated heterocycles. The van der Waals surface area contributed by atoms with Gasteiger partial charge in [0.25, 0.3) is 5.91 Å². The van der Waals surface area contributed by atoms with Crippen LogP contribution in [0.5, 0.6) is 0 Å². The molecule has 27 heavy (non-hydrogen) atoms. The standard InChI is InChI=1S/C22H28N4O/c1-6-26-20-12-11-18(13-19(20)24-25-26)22(27)23-21(15(4)5)17-9-7-16(8-10-17)14(2)3/h7-15,21H,6H2,1-5H3,(H,23,27). The van der Waals surface area contributed by atoms with Crippen LogP contribution in [0, 0.1) is 5.92 Å². The van der Waals surface area contributed by atoms with Gasteiger partial charge < -0.3 is 5.32 Å². The van der Waals surface area contributed by atoms with Crippen LogP contribution in [-0.4, -0.2) is 20.9 Å². The van der Waals surface area contributed by atoms with Crippen molar-refractivity contribution in [2.45, 2.75) is 53.1 Å². The lowest BCUT2D eigenvalue weighted by Crippen LogP contribution is -2.31. The molecule has 1 atom stereocenters. The molecule has 5 heteroatoms. The second-order valence-electron chi connectivity index (χ2n) is 7.63. The molecule has 0 saturated carbocycles. The number of carbonyl (C=O) groups excluding carboxylic acids is 1. The summed E-state index contributed by atoms with van der Waals surface area (Å²) in [6.07, 6.45) is 0. The van der Waals surface area contributed by atoms with Crippen LogP contribution in [-0.2, 0) is 6.54 Å². The quantitative estimate of drug-likeness (QED) is 0.689. The van der Waals surface area contributed by atoms with Gasteiger partial charge in [0.1, 0.15) is 5.52 Å². The summed E-state index contributed by atoms with van der Waals surface area (Å²) < 4.78 is 1.82. The molecule has 0 radical (unpaired) electrons. The number of carbonyl (C=O) groups is 1. The summed E-state index contributed by atoms with van der Waals surface area (Å²) in [5.41, 5.74) is 4.72. The van der Waals surface area contributed by atoms with Gasteiger partial charge in [0.05, 0.1) is 11.6 Å².